The van der Waals surface area contributed by atoms with E-state index < -0.39 is 5.97 Å². The molecule has 0 amide bonds. The molecule has 0 saturated carbocycles. The maximum absolute atomic E-state index is 10.6. The standard InChI is InChI=1S/C11H16N4O2/c1-15-3-2-8(7-15)4-13-10-6-12-9(5-14-10)11(16)17/h5-6,8H,2-4,7H2,1H3,(H,13,14)(H,16,17). The SMILES string of the molecule is CN1CCC(CNc2cnc(C(=O)O)cn2)C1. The van der Waals surface area contributed by atoms with Crippen LogP contribution in [0.3, 0.4) is 0 Å². The first-order valence-electron chi connectivity index (χ1n) is 5.63. The third kappa shape index (κ3) is 3.13. The van der Waals surface area contributed by atoms with Crippen LogP contribution in [0.1, 0.15) is 16.9 Å². The summed E-state index contributed by atoms with van der Waals surface area (Å²) in [4.78, 5) is 20.7. The first-order chi connectivity index (χ1) is 8.15. The summed E-state index contributed by atoms with van der Waals surface area (Å²) in [6.07, 6.45) is 3.91. The van der Waals surface area contributed by atoms with Crippen LogP contribution in [0.2, 0.25) is 0 Å². The van der Waals surface area contributed by atoms with Gasteiger partial charge in [-0.15, -0.1) is 0 Å². The molecular weight excluding hydrogens is 220 g/mol. The zero-order chi connectivity index (χ0) is 12.3. The smallest absolute Gasteiger partial charge is 0.356 e. The van der Waals surface area contributed by atoms with E-state index in [1.165, 1.54) is 18.8 Å². The van der Waals surface area contributed by atoms with Crippen molar-refractivity contribution in [1.82, 2.24) is 14.9 Å². The first kappa shape index (κ1) is 11.8. The van der Waals surface area contributed by atoms with Gasteiger partial charge in [-0.1, -0.05) is 0 Å². The lowest BCUT2D eigenvalue weighted by molar-refractivity contribution is 0.0690. The van der Waals surface area contributed by atoms with Gasteiger partial charge in [0, 0.05) is 13.1 Å². The molecule has 1 aliphatic rings. The second-order valence-corrected chi connectivity index (χ2v) is 4.39. The van der Waals surface area contributed by atoms with Gasteiger partial charge in [0.05, 0.1) is 12.4 Å². The van der Waals surface area contributed by atoms with E-state index in [-0.39, 0.29) is 5.69 Å². The molecule has 2 heterocycles. The van der Waals surface area contributed by atoms with Gasteiger partial charge in [0.25, 0.3) is 0 Å². The number of nitrogens with one attached hydrogen (secondary N) is 1. The maximum Gasteiger partial charge on any atom is 0.356 e. The minimum atomic E-state index is -1.05. The highest BCUT2D eigenvalue weighted by Crippen LogP contribution is 2.14. The number of anilines is 1. The van der Waals surface area contributed by atoms with E-state index in [1.807, 2.05) is 0 Å². The molecule has 92 valence electrons. The van der Waals surface area contributed by atoms with Crippen molar-refractivity contribution in [2.75, 3.05) is 32.0 Å². The highest BCUT2D eigenvalue weighted by Gasteiger charge is 2.19. The van der Waals surface area contributed by atoms with E-state index in [1.54, 1.807) is 0 Å². The van der Waals surface area contributed by atoms with Gasteiger partial charge in [0.2, 0.25) is 0 Å². The highest BCUT2D eigenvalue weighted by molar-refractivity contribution is 5.84. The van der Waals surface area contributed by atoms with Gasteiger partial charge in [0.1, 0.15) is 5.82 Å². The quantitative estimate of drug-likeness (QED) is 0.794. The van der Waals surface area contributed by atoms with E-state index in [0.717, 1.165) is 19.6 Å². The molecule has 0 spiro atoms. The minimum Gasteiger partial charge on any atom is -0.476 e. The Morgan fingerprint density at radius 3 is 2.94 bits per heavy atom. The van der Waals surface area contributed by atoms with Crippen molar-refractivity contribution in [1.29, 1.82) is 0 Å². The zero-order valence-electron chi connectivity index (χ0n) is 9.76. The summed E-state index contributed by atoms with van der Waals surface area (Å²) in [6, 6.07) is 0. The molecule has 2 N–H and O–H groups in total. The number of carboxylic acids is 1. The molecule has 1 fully saturated rings. The number of aromatic carboxylic acids is 1. The Hall–Kier alpha value is -1.69. The molecular formula is C11H16N4O2. The van der Waals surface area contributed by atoms with Crippen molar-refractivity contribution >= 4 is 11.8 Å². The molecule has 2 rings (SSSR count). The summed E-state index contributed by atoms with van der Waals surface area (Å²) < 4.78 is 0. The van der Waals surface area contributed by atoms with Gasteiger partial charge in [-0.05, 0) is 25.9 Å². The van der Waals surface area contributed by atoms with E-state index in [9.17, 15) is 4.79 Å². The van der Waals surface area contributed by atoms with Gasteiger partial charge in [-0.2, -0.15) is 0 Å². The van der Waals surface area contributed by atoms with Crippen LogP contribution in [0.5, 0.6) is 0 Å². The van der Waals surface area contributed by atoms with E-state index in [0.29, 0.717) is 11.7 Å². The second kappa shape index (κ2) is 5.09. The van der Waals surface area contributed by atoms with Gasteiger partial charge < -0.3 is 15.3 Å². The Labute approximate surface area is 99.7 Å². The Balaban J connectivity index is 1.85. The predicted octanol–water partition coefficient (Wildman–Crippen LogP) is 0.538. The fourth-order valence-electron chi connectivity index (χ4n) is 1.97. The van der Waals surface area contributed by atoms with Crippen LogP contribution in [0, 0.1) is 5.92 Å². The van der Waals surface area contributed by atoms with Crippen LogP contribution < -0.4 is 5.32 Å². The zero-order valence-corrected chi connectivity index (χ0v) is 9.76. The Morgan fingerprint density at radius 1 is 1.59 bits per heavy atom. The summed E-state index contributed by atoms with van der Waals surface area (Å²) in [6.45, 7) is 3.08. The topological polar surface area (TPSA) is 78.4 Å². The van der Waals surface area contributed by atoms with Crippen molar-refractivity contribution < 1.29 is 9.90 Å². The fraction of sp³-hybridized carbons (Fsp3) is 0.545. The van der Waals surface area contributed by atoms with Crippen LogP contribution in [-0.4, -0.2) is 52.6 Å². The van der Waals surface area contributed by atoms with Crippen LogP contribution >= 0.6 is 0 Å². The molecule has 0 bridgehead atoms. The Bertz CT molecular complexity index is 393. The van der Waals surface area contributed by atoms with Gasteiger partial charge >= 0.3 is 5.97 Å². The Kier molecular flexibility index (Phi) is 3.53. The molecule has 0 aromatic carbocycles. The summed E-state index contributed by atoms with van der Waals surface area (Å²) in [5.74, 6) is 0.201. The van der Waals surface area contributed by atoms with Crippen LogP contribution in [0.4, 0.5) is 5.82 Å². The molecule has 1 saturated heterocycles. The summed E-state index contributed by atoms with van der Waals surface area (Å²) in [7, 11) is 2.11. The van der Waals surface area contributed by atoms with Crippen LogP contribution in [0.15, 0.2) is 12.4 Å². The van der Waals surface area contributed by atoms with Gasteiger partial charge in [0.15, 0.2) is 5.69 Å². The van der Waals surface area contributed by atoms with E-state index >= 15 is 0 Å². The van der Waals surface area contributed by atoms with Gasteiger partial charge in [-0.3, -0.25) is 0 Å². The third-order valence-corrected chi connectivity index (χ3v) is 2.93. The van der Waals surface area contributed by atoms with E-state index in [4.69, 9.17) is 5.11 Å². The van der Waals surface area contributed by atoms with Gasteiger partial charge in [-0.25, -0.2) is 14.8 Å². The molecule has 17 heavy (non-hydrogen) atoms. The average molecular weight is 236 g/mol. The maximum atomic E-state index is 10.6. The molecule has 6 heteroatoms. The van der Waals surface area contributed by atoms with Crippen molar-refractivity contribution in [2.45, 2.75) is 6.42 Å². The molecule has 1 atom stereocenters. The normalized spacial score (nSPS) is 20.4. The first-order valence-corrected chi connectivity index (χ1v) is 5.63. The summed E-state index contributed by atoms with van der Waals surface area (Å²) >= 11 is 0. The molecule has 1 aliphatic heterocycles. The van der Waals surface area contributed by atoms with Crippen molar-refractivity contribution in [3.05, 3.63) is 18.1 Å². The number of rotatable bonds is 4. The number of aromatic nitrogens is 2. The largest absolute Gasteiger partial charge is 0.476 e. The summed E-state index contributed by atoms with van der Waals surface area (Å²) in [5, 5.41) is 11.9. The third-order valence-electron chi connectivity index (χ3n) is 2.93. The molecule has 1 aromatic rings. The molecule has 0 aliphatic carbocycles. The number of hydrogen-bond donors (Lipinski definition) is 2. The summed E-state index contributed by atoms with van der Waals surface area (Å²) in [5.41, 5.74) is -0.0313. The fourth-order valence-corrected chi connectivity index (χ4v) is 1.97. The second-order valence-electron chi connectivity index (χ2n) is 4.39. The van der Waals surface area contributed by atoms with E-state index in [2.05, 4.69) is 27.2 Å². The average Bonchev–Trinajstić information content (AvgIpc) is 2.73. The lowest BCUT2D eigenvalue weighted by Crippen LogP contribution is -2.19. The molecule has 6 nitrogen and oxygen atoms in total. The molecule has 0 radical (unpaired) electrons. The van der Waals surface area contributed by atoms with Crippen molar-refractivity contribution in [3.63, 3.8) is 0 Å². The molecule has 1 aromatic heterocycles. The number of likely N-dealkylation sites (tertiary alicyclic amines) is 1. The van der Waals surface area contributed by atoms with Crippen molar-refractivity contribution in [3.8, 4) is 0 Å². The minimum absolute atomic E-state index is 0.0313. The monoisotopic (exact) mass is 236 g/mol. The van der Waals surface area contributed by atoms with Crippen LogP contribution in [-0.2, 0) is 0 Å². The Morgan fingerprint density at radius 2 is 2.41 bits per heavy atom. The number of nitrogens with zero attached hydrogens (tertiary/aromatic N) is 3. The highest BCUT2D eigenvalue weighted by atomic mass is 16.4. The van der Waals surface area contributed by atoms with Crippen molar-refractivity contribution in [2.24, 2.45) is 5.92 Å². The lowest BCUT2D eigenvalue weighted by atomic mass is 10.1. The number of carbonyl (C=O) groups is 1. The molecule has 1 unspecified atom stereocenters. The predicted molar refractivity (Wildman–Crippen MR) is 63.1 cm³/mol. The number of carboxylic acid groups (broad SMARTS) is 1. The lowest BCUT2D eigenvalue weighted by Gasteiger charge is -2.11. The number of hydrogen-bond acceptors (Lipinski definition) is 5. The van der Waals surface area contributed by atoms with Crippen LogP contribution in [0.25, 0.3) is 0 Å².